The van der Waals surface area contributed by atoms with Crippen molar-refractivity contribution in [1.82, 2.24) is 9.62 Å². The molecule has 0 radical (unpaired) electrons. The van der Waals surface area contributed by atoms with Crippen LogP contribution in [0.3, 0.4) is 0 Å². The largest absolute Gasteiger partial charge is 0.391 e. The van der Waals surface area contributed by atoms with E-state index in [2.05, 4.69) is 9.62 Å². The van der Waals surface area contributed by atoms with E-state index in [9.17, 15) is 8.42 Å². The number of aryl methyl sites for hydroxylation is 1. The van der Waals surface area contributed by atoms with Crippen molar-refractivity contribution in [3.63, 3.8) is 0 Å². The summed E-state index contributed by atoms with van der Waals surface area (Å²) in [6, 6.07) is 1.57. The zero-order valence-electron chi connectivity index (χ0n) is 12.8. The summed E-state index contributed by atoms with van der Waals surface area (Å²) in [5.41, 5.74) is -0.0726. The van der Waals surface area contributed by atoms with Gasteiger partial charge in [-0.05, 0) is 39.9 Å². The Morgan fingerprint density at radius 3 is 2.48 bits per heavy atom. The molecule has 0 saturated heterocycles. The van der Waals surface area contributed by atoms with Crippen LogP contribution >= 0.6 is 11.3 Å². The fraction of sp³-hybridized carbons (Fsp3) is 0.714. The lowest BCUT2D eigenvalue weighted by Gasteiger charge is -2.36. The van der Waals surface area contributed by atoms with E-state index in [1.165, 1.54) is 11.3 Å². The van der Waals surface area contributed by atoms with Crippen molar-refractivity contribution in [2.75, 3.05) is 20.6 Å². The summed E-state index contributed by atoms with van der Waals surface area (Å²) in [6.07, 6.45) is 4.33. The Balaban J connectivity index is 2.15. The van der Waals surface area contributed by atoms with Gasteiger partial charge in [-0.25, -0.2) is 13.1 Å². The van der Waals surface area contributed by atoms with Crippen molar-refractivity contribution in [2.24, 2.45) is 0 Å². The van der Waals surface area contributed by atoms with Gasteiger partial charge >= 0.3 is 0 Å². The van der Waals surface area contributed by atoms with Gasteiger partial charge in [-0.15, -0.1) is 11.3 Å². The van der Waals surface area contributed by atoms with Crippen molar-refractivity contribution in [2.45, 2.75) is 49.6 Å². The van der Waals surface area contributed by atoms with Gasteiger partial charge in [0, 0.05) is 21.8 Å². The first kappa shape index (κ1) is 16.9. The van der Waals surface area contributed by atoms with E-state index in [1.807, 2.05) is 14.1 Å². The van der Waals surface area contributed by atoms with E-state index < -0.39 is 10.0 Å². The number of nitrogens with one attached hydrogen (secondary N) is 1. The molecule has 1 aliphatic carbocycles. The number of hydrogen-bond acceptors (Lipinski definition) is 5. The number of rotatable bonds is 6. The zero-order chi connectivity index (χ0) is 15.7. The normalized spacial score (nSPS) is 18.5. The molecule has 0 atom stereocenters. The van der Waals surface area contributed by atoms with Gasteiger partial charge < -0.3 is 10.0 Å². The molecule has 0 aromatic carbocycles. The molecule has 1 heterocycles. The van der Waals surface area contributed by atoms with Crippen LogP contribution in [0.1, 0.15) is 35.4 Å². The summed E-state index contributed by atoms with van der Waals surface area (Å²) in [5.74, 6) is 0. The molecule has 1 aromatic heterocycles. The molecule has 0 unspecified atom stereocenters. The molecule has 1 fully saturated rings. The molecule has 0 bridgehead atoms. The second-order valence-corrected chi connectivity index (χ2v) is 9.02. The number of aliphatic hydroxyl groups is 1. The first-order valence-electron chi connectivity index (χ1n) is 7.18. The highest BCUT2D eigenvalue weighted by atomic mass is 32.2. The smallest absolute Gasteiger partial charge is 0.241 e. The van der Waals surface area contributed by atoms with E-state index in [0.29, 0.717) is 16.3 Å². The molecule has 2 N–H and O–H groups in total. The molecule has 1 saturated carbocycles. The van der Waals surface area contributed by atoms with Crippen LogP contribution in [0.5, 0.6) is 0 Å². The Labute approximate surface area is 131 Å². The average molecular weight is 332 g/mol. The molecule has 0 aliphatic heterocycles. The summed E-state index contributed by atoms with van der Waals surface area (Å²) in [5, 5.41) is 9.15. The summed E-state index contributed by atoms with van der Waals surface area (Å²) >= 11 is 1.33. The van der Waals surface area contributed by atoms with Gasteiger partial charge in [-0.2, -0.15) is 0 Å². The lowest BCUT2D eigenvalue weighted by Crippen LogP contribution is -2.50. The second-order valence-electron chi connectivity index (χ2n) is 5.94. The minimum Gasteiger partial charge on any atom is -0.391 e. The van der Waals surface area contributed by atoms with Crippen LogP contribution in [0.4, 0.5) is 0 Å². The molecule has 1 aromatic rings. The highest BCUT2D eigenvalue weighted by Crippen LogP contribution is 2.34. The lowest BCUT2D eigenvalue weighted by molar-refractivity contribution is 0.162. The van der Waals surface area contributed by atoms with E-state index in [0.717, 1.165) is 30.6 Å². The molecule has 21 heavy (non-hydrogen) atoms. The number of sulfonamides is 1. The quantitative estimate of drug-likeness (QED) is 0.832. The Kier molecular flexibility index (Phi) is 5.10. The van der Waals surface area contributed by atoms with Gasteiger partial charge in [-0.3, -0.25) is 0 Å². The predicted octanol–water partition coefficient (Wildman–Crippen LogP) is 1.70. The third-order valence-electron chi connectivity index (χ3n) is 4.44. The van der Waals surface area contributed by atoms with Crippen molar-refractivity contribution in [3.05, 3.63) is 15.8 Å². The van der Waals surface area contributed by atoms with Gasteiger partial charge in [-0.1, -0.05) is 12.8 Å². The molecule has 120 valence electrons. The molecular formula is C14H24N2O3S2. The first-order chi connectivity index (χ1) is 9.81. The zero-order valence-corrected chi connectivity index (χ0v) is 14.5. The van der Waals surface area contributed by atoms with Crippen LogP contribution in [0.15, 0.2) is 11.0 Å². The van der Waals surface area contributed by atoms with Crippen LogP contribution in [-0.4, -0.2) is 44.6 Å². The molecule has 2 rings (SSSR count). The molecule has 0 spiro atoms. The molecule has 1 aliphatic rings. The van der Waals surface area contributed by atoms with E-state index in [4.69, 9.17) is 5.11 Å². The van der Waals surface area contributed by atoms with Crippen molar-refractivity contribution in [1.29, 1.82) is 0 Å². The summed E-state index contributed by atoms with van der Waals surface area (Å²) in [7, 11) is 0.510. The van der Waals surface area contributed by atoms with Crippen LogP contribution in [0.2, 0.25) is 0 Å². The Bertz CT molecular complexity index is 587. The fourth-order valence-electron chi connectivity index (χ4n) is 2.99. The Hall–Kier alpha value is -0.470. The lowest BCUT2D eigenvalue weighted by atomic mass is 9.97. The highest BCUT2D eigenvalue weighted by Gasteiger charge is 2.37. The molecule has 5 nitrogen and oxygen atoms in total. The van der Waals surface area contributed by atoms with E-state index in [1.54, 1.807) is 13.0 Å². The van der Waals surface area contributed by atoms with Crippen LogP contribution < -0.4 is 4.72 Å². The molecular weight excluding hydrogens is 308 g/mol. The van der Waals surface area contributed by atoms with Crippen LogP contribution in [0, 0.1) is 6.92 Å². The fourth-order valence-corrected chi connectivity index (χ4v) is 5.60. The summed E-state index contributed by atoms with van der Waals surface area (Å²) in [6.45, 7) is 2.09. The van der Waals surface area contributed by atoms with E-state index in [-0.39, 0.29) is 12.1 Å². The Morgan fingerprint density at radius 1 is 1.38 bits per heavy atom. The number of aliphatic hydroxyl groups excluding tert-OH is 1. The number of likely N-dealkylation sites (N-methyl/N-ethyl adjacent to an activating group) is 1. The summed E-state index contributed by atoms with van der Waals surface area (Å²) < 4.78 is 27.8. The number of thiophene rings is 1. The predicted molar refractivity (Wildman–Crippen MR) is 85.1 cm³/mol. The topological polar surface area (TPSA) is 69.6 Å². The van der Waals surface area contributed by atoms with Crippen molar-refractivity contribution >= 4 is 21.4 Å². The molecule has 0 amide bonds. The van der Waals surface area contributed by atoms with Gasteiger partial charge in [0.25, 0.3) is 0 Å². The van der Waals surface area contributed by atoms with Gasteiger partial charge in [0.05, 0.1) is 11.5 Å². The van der Waals surface area contributed by atoms with Gasteiger partial charge in [0.1, 0.15) is 0 Å². The SMILES string of the molecule is Cc1sc(CO)cc1S(=O)(=O)NCC1(N(C)C)CCCC1. The minimum atomic E-state index is -3.52. The van der Waals surface area contributed by atoms with Crippen LogP contribution in [0.25, 0.3) is 0 Å². The third-order valence-corrected chi connectivity index (χ3v) is 7.13. The van der Waals surface area contributed by atoms with E-state index >= 15 is 0 Å². The standard InChI is InChI=1S/C14H24N2O3S2/c1-11-13(8-12(9-17)20-11)21(18,19)15-10-14(16(2)3)6-4-5-7-14/h8,15,17H,4-7,9-10H2,1-3H3. The van der Waals surface area contributed by atoms with Gasteiger partial charge in [0.15, 0.2) is 0 Å². The van der Waals surface area contributed by atoms with Crippen molar-refractivity contribution < 1.29 is 13.5 Å². The minimum absolute atomic E-state index is 0.0726. The number of nitrogens with zero attached hydrogens (tertiary/aromatic N) is 1. The maximum absolute atomic E-state index is 12.5. The maximum atomic E-state index is 12.5. The maximum Gasteiger partial charge on any atom is 0.241 e. The van der Waals surface area contributed by atoms with Crippen molar-refractivity contribution in [3.8, 4) is 0 Å². The summed E-state index contributed by atoms with van der Waals surface area (Å²) in [4.78, 5) is 3.83. The second kappa shape index (κ2) is 6.34. The Morgan fingerprint density at radius 2 is 2.00 bits per heavy atom. The third kappa shape index (κ3) is 3.48. The molecule has 7 heteroatoms. The highest BCUT2D eigenvalue weighted by molar-refractivity contribution is 7.89. The van der Waals surface area contributed by atoms with Crippen LogP contribution in [-0.2, 0) is 16.6 Å². The van der Waals surface area contributed by atoms with Gasteiger partial charge in [0.2, 0.25) is 10.0 Å². The monoisotopic (exact) mass is 332 g/mol. The number of hydrogen-bond donors (Lipinski definition) is 2. The average Bonchev–Trinajstić information content (AvgIpc) is 3.04. The first-order valence-corrected chi connectivity index (χ1v) is 9.48.